The predicted molar refractivity (Wildman–Crippen MR) is 107 cm³/mol. The van der Waals surface area contributed by atoms with Crippen molar-refractivity contribution < 1.29 is 19.8 Å². The molecule has 0 fully saturated rings. The van der Waals surface area contributed by atoms with Crippen LogP contribution in [0.3, 0.4) is 0 Å². The first kappa shape index (κ1) is 24.9. The average molecular weight is 371 g/mol. The molecule has 0 aliphatic heterocycles. The van der Waals surface area contributed by atoms with Gasteiger partial charge in [0.2, 0.25) is 0 Å². The van der Waals surface area contributed by atoms with E-state index in [0.29, 0.717) is 18.8 Å². The minimum Gasteiger partial charge on any atom is -0.481 e. The SMILES string of the molecule is CCCCCCCCC(CCCCCC)CC(CCCC(=O)O)C(=O)O. The lowest BCUT2D eigenvalue weighted by molar-refractivity contribution is -0.143. The monoisotopic (exact) mass is 370 g/mol. The Hall–Kier alpha value is -1.06. The number of hydrogen-bond acceptors (Lipinski definition) is 2. The molecule has 0 aromatic carbocycles. The maximum atomic E-state index is 11.6. The molecule has 0 saturated carbocycles. The highest BCUT2D eigenvalue weighted by molar-refractivity contribution is 5.70. The maximum absolute atomic E-state index is 11.6. The largest absolute Gasteiger partial charge is 0.481 e. The normalized spacial score (nSPS) is 13.5. The smallest absolute Gasteiger partial charge is 0.306 e. The van der Waals surface area contributed by atoms with E-state index < -0.39 is 11.9 Å². The molecule has 0 aliphatic rings. The molecule has 0 rings (SSSR count). The summed E-state index contributed by atoms with van der Waals surface area (Å²) in [5.41, 5.74) is 0. The van der Waals surface area contributed by atoms with Crippen molar-refractivity contribution in [3.8, 4) is 0 Å². The fourth-order valence-corrected chi connectivity index (χ4v) is 3.70. The van der Waals surface area contributed by atoms with Gasteiger partial charge < -0.3 is 10.2 Å². The Morgan fingerprint density at radius 3 is 1.69 bits per heavy atom. The van der Waals surface area contributed by atoms with Crippen molar-refractivity contribution in [2.75, 3.05) is 0 Å². The summed E-state index contributed by atoms with van der Waals surface area (Å²) in [7, 11) is 0. The Morgan fingerprint density at radius 2 is 1.19 bits per heavy atom. The summed E-state index contributed by atoms with van der Waals surface area (Å²) in [5, 5.41) is 18.3. The Kier molecular flexibility index (Phi) is 16.7. The van der Waals surface area contributed by atoms with E-state index in [0.717, 1.165) is 19.3 Å². The molecule has 2 N–H and O–H groups in total. The molecule has 0 amide bonds. The van der Waals surface area contributed by atoms with Crippen LogP contribution in [-0.4, -0.2) is 22.2 Å². The van der Waals surface area contributed by atoms with Gasteiger partial charge in [-0.25, -0.2) is 0 Å². The fourth-order valence-electron chi connectivity index (χ4n) is 3.70. The lowest BCUT2D eigenvalue weighted by Gasteiger charge is -2.21. The van der Waals surface area contributed by atoms with Crippen molar-refractivity contribution in [1.82, 2.24) is 0 Å². The minimum absolute atomic E-state index is 0.0718. The molecule has 0 aromatic heterocycles. The van der Waals surface area contributed by atoms with Gasteiger partial charge >= 0.3 is 11.9 Å². The molecular formula is C22H42O4. The van der Waals surface area contributed by atoms with Gasteiger partial charge in [-0.05, 0) is 25.2 Å². The summed E-state index contributed by atoms with van der Waals surface area (Å²) in [5.74, 6) is -1.50. The number of hydrogen-bond donors (Lipinski definition) is 2. The van der Waals surface area contributed by atoms with Gasteiger partial charge in [0.05, 0.1) is 5.92 Å². The van der Waals surface area contributed by atoms with E-state index in [1.807, 2.05) is 0 Å². The van der Waals surface area contributed by atoms with Crippen LogP contribution in [0.25, 0.3) is 0 Å². The second-order valence-corrected chi connectivity index (χ2v) is 7.83. The molecule has 4 heteroatoms. The zero-order chi connectivity index (χ0) is 19.6. The van der Waals surface area contributed by atoms with E-state index >= 15 is 0 Å². The van der Waals surface area contributed by atoms with E-state index in [1.165, 1.54) is 64.2 Å². The van der Waals surface area contributed by atoms with Crippen LogP contribution in [0.1, 0.15) is 117 Å². The van der Waals surface area contributed by atoms with Crippen LogP contribution >= 0.6 is 0 Å². The third kappa shape index (κ3) is 15.2. The summed E-state index contributed by atoms with van der Waals surface area (Å²) >= 11 is 0. The maximum Gasteiger partial charge on any atom is 0.306 e. The molecule has 0 saturated heterocycles. The van der Waals surface area contributed by atoms with Gasteiger partial charge in [-0.1, -0.05) is 90.9 Å². The standard InChI is InChI=1S/C22H42O4/c1-3-5-7-9-10-12-15-19(14-11-8-6-4-2)18-20(22(25)26)16-13-17-21(23)24/h19-20H,3-18H2,1-2H3,(H,23,24)(H,25,26). The third-order valence-electron chi connectivity index (χ3n) is 5.34. The van der Waals surface area contributed by atoms with Crippen LogP contribution in [0.15, 0.2) is 0 Å². The van der Waals surface area contributed by atoms with Crippen LogP contribution in [-0.2, 0) is 9.59 Å². The fraction of sp³-hybridized carbons (Fsp3) is 0.909. The topological polar surface area (TPSA) is 74.6 Å². The minimum atomic E-state index is -0.836. The van der Waals surface area contributed by atoms with Gasteiger partial charge in [-0.2, -0.15) is 0 Å². The van der Waals surface area contributed by atoms with Crippen molar-refractivity contribution in [3.63, 3.8) is 0 Å². The Labute approximate surface area is 160 Å². The molecule has 2 atom stereocenters. The Bertz CT molecular complexity index is 354. The summed E-state index contributed by atoms with van der Waals surface area (Å²) in [6.45, 7) is 4.43. The lowest BCUT2D eigenvalue weighted by Crippen LogP contribution is -2.19. The number of carbonyl (C=O) groups is 2. The number of carboxylic acid groups (broad SMARTS) is 2. The second-order valence-electron chi connectivity index (χ2n) is 7.83. The van der Waals surface area contributed by atoms with Crippen LogP contribution in [0.4, 0.5) is 0 Å². The highest BCUT2D eigenvalue weighted by Crippen LogP contribution is 2.28. The van der Waals surface area contributed by atoms with E-state index in [2.05, 4.69) is 13.8 Å². The predicted octanol–water partition coefficient (Wildman–Crippen LogP) is 6.67. The number of aliphatic carboxylic acids is 2. The summed E-state index contributed by atoms with van der Waals surface area (Å²) in [6.07, 6.45) is 16.5. The summed E-state index contributed by atoms with van der Waals surface area (Å²) < 4.78 is 0. The quantitative estimate of drug-likeness (QED) is 0.249. The van der Waals surface area contributed by atoms with Gasteiger partial charge in [0.25, 0.3) is 0 Å². The van der Waals surface area contributed by atoms with Crippen molar-refractivity contribution in [2.24, 2.45) is 11.8 Å². The number of carboxylic acids is 2. The first-order valence-electron chi connectivity index (χ1n) is 11.0. The molecule has 0 bridgehead atoms. The van der Waals surface area contributed by atoms with Gasteiger partial charge in [0, 0.05) is 6.42 Å². The molecular weight excluding hydrogens is 328 g/mol. The van der Waals surface area contributed by atoms with Gasteiger partial charge in [0.15, 0.2) is 0 Å². The molecule has 0 radical (unpaired) electrons. The molecule has 0 spiro atoms. The van der Waals surface area contributed by atoms with E-state index in [1.54, 1.807) is 0 Å². The average Bonchev–Trinajstić information content (AvgIpc) is 2.59. The molecule has 154 valence electrons. The van der Waals surface area contributed by atoms with E-state index in [4.69, 9.17) is 5.11 Å². The molecule has 0 heterocycles. The zero-order valence-electron chi connectivity index (χ0n) is 17.2. The van der Waals surface area contributed by atoms with E-state index in [9.17, 15) is 14.7 Å². The first-order valence-corrected chi connectivity index (χ1v) is 11.0. The highest BCUT2D eigenvalue weighted by atomic mass is 16.4. The van der Waals surface area contributed by atoms with E-state index in [-0.39, 0.29) is 12.3 Å². The second kappa shape index (κ2) is 17.4. The van der Waals surface area contributed by atoms with Crippen molar-refractivity contribution in [2.45, 2.75) is 117 Å². The van der Waals surface area contributed by atoms with Crippen molar-refractivity contribution in [1.29, 1.82) is 0 Å². The van der Waals surface area contributed by atoms with Crippen molar-refractivity contribution in [3.05, 3.63) is 0 Å². The molecule has 0 aromatic rings. The van der Waals surface area contributed by atoms with Crippen LogP contribution in [0.5, 0.6) is 0 Å². The van der Waals surface area contributed by atoms with Crippen LogP contribution < -0.4 is 0 Å². The van der Waals surface area contributed by atoms with Gasteiger partial charge in [-0.3, -0.25) is 9.59 Å². The van der Waals surface area contributed by atoms with Gasteiger partial charge in [-0.15, -0.1) is 0 Å². The number of rotatable bonds is 19. The number of unbranched alkanes of at least 4 members (excludes halogenated alkanes) is 8. The Morgan fingerprint density at radius 1 is 0.692 bits per heavy atom. The molecule has 4 nitrogen and oxygen atoms in total. The highest BCUT2D eigenvalue weighted by Gasteiger charge is 2.22. The van der Waals surface area contributed by atoms with Crippen LogP contribution in [0.2, 0.25) is 0 Å². The van der Waals surface area contributed by atoms with Gasteiger partial charge in [0.1, 0.15) is 0 Å². The Balaban J connectivity index is 4.37. The molecule has 2 unspecified atom stereocenters. The molecule has 0 aliphatic carbocycles. The van der Waals surface area contributed by atoms with Crippen molar-refractivity contribution >= 4 is 11.9 Å². The van der Waals surface area contributed by atoms with Crippen LogP contribution in [0, 0.1) is 11.8 Å². The lowest BCUT2D eigenvalue weighted by atomic mass is 9.84. The third-order valence-corrected chi connectivity index (χ3v) is 5.34. The summed E-state index contributed by atoms with van der Waals surface area (Å²) in [6, 6.07) is 0. The summed E-state index contributed by atoms with van der Waals surface area (Å²) in [4.78, 5) is 22.3. The molecule has 26 heavy (non-hydrogen) atoms. The first-order chi connectivity index (χ1) is 12.5. The zero-order valence-corrected chi connectivity index (χ0v) is 17.2.